The summed E-state index contributed by atoms with van der Waals surface area (Å²) >= 11 is 12.4. The summed E-state index contributed by atoms with van der Waals surface area (Å²) in [5.41, 5.74) is 4.08. The number of fused-ring (bicyclic) bond motifs is 2. The zero-order valence-corrected chi connectivity index (χ0v) is 21.8. The third-order valence-electron chi connectivity index (χ3n) is 7.01. The van der Waals surface area contributed by atoms with E-state index in [0.29, 0.717) is 38.5 Å². The van der Waals surface area contributed by atoms with Gasteiger partial charge in [-0.25, -0.2) is 0 Å². The number of hydrogen-bond donors (Lipinski definition) is 0. The van der Waals surface area contributed by atoms with Gasteiger partial charge in [-0.3, -0.25) is 10.0 Å². The quantitative estimate of drug-likeness (QED) is 0.343. The minimum Gasteiger partial charge on any atom is -0.489 e. The molecule has 3 aliphatic rings. The fourth-order valence-corrected chi connectivity index (χ4v) is 6.06. The number of alkyl halides is 3. The van der Waals surface area contributed by atoms with Gasteiger partial charge < -0.3 is 14.4 Å². The average molecular weight is 562 g/mol. The molecule has 0 bridgehead atoms. The Kier molecular flexibility index (Phi) is 6.58. The van der Waals surface area contributed by atoms with Gasteiger partial charge >= 0.3 is 6.18 Å². The van der Waals surface area contributed by atoms with Crippen LogP contribution < -0.4 is 14.8 Å². The number of benzene rings is 3. The van der Waals surface area contributed by atoms with Crippen LogP contribution in [0.15, 0.2) is 60.7 Å². The largest absolute Gasteiger partial charge is 0.489 e. The molecule has 0 unspecified atom stereocenters. The van der Waals surface area contributed by atoms with Crippen LogP contribution in [0.5, 0.6) is 5.75 Å². The Morgan fingerprint density at radius 3 is 2.24 bits per heavy atom. The Hall–Kier alpha value is -3.07. The van der Waals surface area contributed by atoms with Crippen molar-refractivity contribution >= 4 is 40.3 Å². The third-order valence-corrected chi connectivity index (χ3v) is 7.61. The Morgan fingerprint density at radius 2 is 1.50 bits per heavy atom. The lowest BCUT2D eigenvalue weighted by Gasteiger charge is -2.45. The van der Waals surface area contributed by atoms with Gasteiger partial charge in [-0.2, -0.15) is 13.2 Å². The van der Waals surface area contributed by atoms with E-state index in [4.69, 9.17) is 32.7 Å². The summed E-state index contributed by atoms with van der Waals surface area (Å²) in [6.45, 7) is 4.46. The molecule has 0 spiro atoms. The van der Waals surface area contributed by atoms with Gasteiger partial charge in [-0.05, 0) is 35.9 Å². The van der Waals surface area contributed by atoms with E-state index in [1.165, 1.54) is 12.1 Å². The summed E-state index contributed by atoms with van der Waals surface area (Å²) in [6.07, 6.45) is -2.46. The SMILES string of the molecule is FC(F)(F)c1c(Cl)cc(-c2cccc3c2N(N2CCOc4ccccc42)CC=C3N2CCOCC2)cc1Cl. The third kappa shape index (κ3) is 4.44. The van der Waals surface area contributed by atoms with Gasteiger partial charge in [-0.15, -0.1) is 0 Å². The van der Waals surface area contributed by atoms with E-state index < -0.39 is 21.8 Å². The van der Waals surface area contributed by atoms with Crippen molar-refractivity contribution in [1.29, 1.82) is 0 Å². The van der Waals surface area contributed by atoms with Gasteiger partial charge in [0.05, 0.1) is 53.3 Å². The first-order valence-corrected chi connectivity index (χ1v) is 13.1. The number of ether oxygens (including phenoxy) is 2. The summed E-state index contributed by atoms with van der Waals surface area (Å²) < 4.78 is 52.3. The van der Waals surface area contributed by atoms with E-state index in [1.54, 1.807) is 0 Å². The van der Waals surface area contributed by atoms with Gasteiger partial charge in [0, 0.05) is 29.9 Å². The number of hydrazine groups is 1. The van der Waals surface area contributed by atoms with E-state index in [2.05, 4.69) is 21.0 Å². The maximum Gasteiger partial charge on any atom is 0.419 e. The lowest BCUT2D eigenvalue weighted by Crippen LogP contribution is -2.49. The number of halogens is 5. The first kappa shape index (κ1) is 25.2. The summed E-state index contributed by atoms with van der Waals surface area (Å²) in [4.78, 5) is 2.30. The highest BCUT2D eigenvalue weighted by Crippen LogP contribution is 2.47. The highest BCUT2D eigenvalue weighted by molar-refractivity contribution is 6.36. The molecule has 0 atom stereocenters. The van der Waals surface area contributed by atoms with Crippen LogP contribution in [0.1, 0.15) is 11.1 Å². The molecule has 5 nitrogen and oxygen atoms in total. The van der Waals surface area contributed by atoms with Crippen molar-refractivity contribution in [3.05, 3.63) is 81.8 Å². The van der Waals surface area contributed by atoms with Gasteiger partial charge in [0.2, 0.25) is 0 Å². The van der Waals surface area contributed by atoms with Gasteiger partial charge in [0.15, 0.2) is 0 Å². The van der Waals surface area contributed by atoms with E-state index in [-0.39, 0.29) is 0 Å². The second-order valence-corrected chi connectivity index (χ2v) is 10.0. The second kappa shape index (κ2) is 9.91. The smallest absolute Gasteiger partial charge is 0.419 e. The fourth-order valence-electron chi connectivity index (χ4n) is 5.36. The number of rotatable bonds is 3. The molecule has 3 aromatic carbocycles. The van der Waals surface area contributed by atoms with Crippen molar-refractivity contribution in [2.75, 3.05) is 56.0 Å². The van der Waals surface area contributed by atoms with E-state index >= 15 is 0 Å². The standard InChI is InChI=1S/C28H24Cl2F3N3O2/c29-21-16-18(17-22(30)26(21)28(31,32)33)19-4-3-5-20-23(34-10-13-37-14-11-34)8-9-36(27(19)20)35-12-15-38-25-7-2-1-6-24(25)35/h1-8,16-17H,9-15H2. The first-order chi connectivity index (χ1) is 18.3. The predicted molar refractivity (Wildman–Crippen MR) is 144 cm³/mol. The van der Waals surface area contributed by atoms with E-state index in [9.17, 15) is 13.2 Å². The van der Waals surface area contributed by atoms with Crippen LogP contribution in [0.2, 0.25) is 10.0 Å². The van der Waals surface area contributed by atoms with Crippen molar-refractivity contribution in [2.24, 2.45) is 0 Å². The molecular weight excluding hydrogens is 538 g/mol. The number of nitrogens with zero attached hydrogens (tertiary/aromatic N) is 3. The molecule has 1 saturated heterocycles. The maximum atomic E-state index is 13.6. The normalized spacial score (nSPS) is 17.5. The maximum absolute atomic E-state index is 13.6. The molecule has 198 valence electrons. The van der Waals surface area contributed by atoms with Crippen LogP contribution in [-0.4, -0.2) is 50.9 Å². The van der Waals surface area contributed by atoms with Crippen LogP contribution in [0.3, 0.4) is 0 Å². The number of hydrogen-bond acceptors (Lipinski definition) is 5. The molecule has 3 aliphatic heterocycles. The van der Waals surface area contributed by atoms with Crippen LogP contribution in [0.25, 0.3) is 16.8 Å². The highest BCUT2D eigenvalue weighted by atomic mass is 35.5. The van der Waals surface area contributed by atoms with Crippen molar-refractivity contribution in [3.63, 3.8) is 0 Å². The highest BCUT2D eigenvalue weighted by Gasteiger charge is 2.37. The molecule has 0 aliphatic carbocycles. The predicted octanol–water partition coefficient (Wildman–Crippen LogP) is 6.99. The monoisotopic (exact) mass is 561 g/mol. The first-order valence-electron chi connectivity index (χ1n) is 12.3. The summed E-state index contributed by atoms with van der Waals surface area (Å²) in [5.74, 6) is 0.779. The van der Waals surface area contributed by atoms with Crippen molar-refractivity contribution in [1.82, 2.24) is 4.90 Å². The zero-order chi connectivity index (χ0) is 26.4. The molecule has 38 heavy (non-hydrogen) atoms. The molecule has 6 rings (SSSR count). The number of anilines is 2. The molecule has 10 heteroatoms. The summed E-state index contributed by atoms with van der Waals surface area (Å²) in [5, 5.41) is 3.47. The molecule has 3 aromatic rings. The minimum absolute atomic E-state index is 0.430. The summed E-state index contributed by atoms with van der Waals surface area (Å²) in [7, 11) is 0. The van der Waals surface area contributed by atoms with Crippen molar-refractivity contribution < 1.29 is 22.6 Å². The van der Waals surface area contributed by atoms with Crippen LogP contribution >= 0.6 is 23.2 Å². The molecular formula is C28H24Cl2F3N3O2. The van der Waals surface area contributed by atoms with Crippen LogP contribution in [0.4, 0.5) is 24.5 Å². The summed E-state index contributed by atoms with van der Waals surface area (Å²) in [6, 6.07) is 16.4. The van der Waals surface area contributed by atoms with Crippen molar-refractivity contribution in [2.45, 2.75) is 6.18 Å². The fraction of sp³-hybridized carbons (Fsp3) is 0.286. The number of para-hydroxylation sites is 3. The lowest BCUT2D eigenvalue weighted by atomic mass is 9.94. The molecule has 0 saturated carbocycles. The van der Waals surface area contributed by atoms with Crippen molar-refractivity contribution in [3.8, 4) is 16.9 Å². The molecule has 0 aromatic heterocycles. The van der Waals surface area contributed by atoms with Gasteiger partial charge in [0.25, 0.3) is 0 Å². The molecule has 1 fully saturated rings. The molecule has 0 radical (unpaired) electrons. The Bertz CT molecular complexity index is 1380. The zero-order valence-electron chi connectivity index (χ0n) is 20.3. The van der Waals surface area contributed by atoms with Crippen LogP contribution in [0, 0.1) is 0 Å². The van der Waals surface area contributed by atoms with E-state index in [0.717, 1.165) is 47.0 Å². The van der Waals surface area contributed by atoms with Gasteiger partial charge in [-0.1, -0.05) is 53.5 Å². The Labute approximate surface area is 228 Å². The topological polar surface area (TPSA) is 28.2 Å². The molecule has 0 N–H and O–H groups in total. The Balaban J connectivity index is 1.53. The minimum atomic E-state index is -4.65. The Morgan fingerprint density at radius 1 is 0.789 bits per heavy atom. The van der Waals surface area contributed by atoms with Gasteiger partial charge in [0.1, 0.15) is 12.4 Å². The molecule has 3 heterocycles. The second-order valence-electron chi connectivity index (χ2n) is 9.22. The lowest BCUT2D eigenvalue weighted by molar-refractivity contribution is -0.137. The number of morpholine rings is 1. The van der Waals surface area contributed by atoms with Crippen LogP contribution in [-0.2, 0) is 10.9 Å². The average Bonchev–Trinajstić information content (AvgIpc) is 2.91. The molecule has 0 amide bonds. The van der Waals surface area contributed by atoms with E-state index in [1.807, 2.05) is 42.5 Å².